The number of thioether (sulfide) groups is 1. The minimum absolute atomic E-state index is 0.0363. The summed E-state index contributed by atoms with van der Waals surface area (Å²) in [6.45, 7) is 1.54. The Morgan fingerprint density at radius 3 is 2.56 bits per heavy atom. The highest BCUT2D eigenvalue weighted by atomic mass is 32.2. The van der Waals surface area contributed by atoms with E-state index in [0.29, 0.717) is 12.8 Å². The van der Waals surface area contributed by atoms with E-state index in [1.807, 2.05) is 28.8 Å². The second-order valence-electron chi connectivity index (χ2n) is 4.79. The Labute approximate surface area is 111 Å². The Kier molecular flexibility index (Phi) is 4.69. The molecule has 0 radical (unpaired) electrons. The molecule has 0 bridgehead atoms. The van der Waals surface area contributed by atoms with Gasteiger partial charge >= 0.3 is 5.97 Å². The molecule has 0 unspecified atom stereocenters. The number of hydrogen-bond acceptors (Lipinski definition) is 3. The van der Waals surface area contributed by atoms with Crippen LogP contribution >= 0.6 is 11.8 Å². The quantitative estimate of drug-likeness (QED) is 0.774. The lowest BCUT2D eigenvalue weighted by molar-refractivity contribution is -0.150. The van der Waals surface area contributed by atoms with Crippen molar-refractivity contribution in [3.8, 4) is 0 Å². The van der Waals surface area contributed by atoms with Crippen LogP contribution in [-0.2, 0) is 9.59 Å². The lowest BCUT2D eigenvalue weighted by Crippen LogP contribution is -2.42. The molecular weight excluding hydrogens is 250 g/mol. The molecule has 18 heavy (non-hydrogen) atoms. The zero-order valence-corrected chi connectivity index (χ0v) is 11.2. The van der Waals surface area contributed by atoms with Gasteiger partial charge in [-0.3, -0.25) is 9.59 Å². The molecule has 0 aromatic rings. The molecule has 1 amide bonds. The van der Waals surface area contributed by atoms with E-state index in [9.17, 15) is 14.7 Å². The topological polar surface area (TPSA) is 57.6 Å². The van der Waals surface area contributed by atoms with Gasteiger partial charge in [0.05, 0.1) is 11.8 Å². The third kappa shape index (κ3) is 3.07. The van der Waals surface area contributed by atoms with E-state index in [1.54, 1.807) is 0 Å². The predicted octanol–water partition coefficient (Wildman–Crippen LogP) is 1.62. The third-order valence-corrected chi connectivity index (χ3v) is 4.65. The number of carboxylic acids is 1. The number of nitrogens with zero attached hydrogens (tertiary/aromatic N) is 1. The van der Waals surface area contributed by atoms with Crippen LogP contribution in [0.25, 0.3) is 0 Å². The number of carboxylic acid groups (broad SMARTS) is 1. The van der Waals surface area contributed by atoms with Gasteiger partial charge in [-0.05, 0) is 25.0 Å². The lowest BCUT2D eigenvalue weighted by atomic mass is 9.82. The molecule has 1 saturated heterocycles. The van der Waals surface area contributed by atoms with E-state index in [4.69, 9.17) is 0 Å². The van der Waals surface area contributed by atoms with Crippen LogP contribution in [0.2, 0.25) is 0 Å². The Morgan fingerprint density at radius 2 is 1.83 bits per heavy atom. The monoisotopic (exact) mass is 269 g/mol. The summed E-state index contributed by atoms with van der Waals surface area (Å²) in [5, 5.41) is 9.20. The van der Waals surface area contributed by atoms with Crippen molar-refractivity contribution < 1.29 is 14.7 Å². The minimum atomic E-state index is -0.845. The Balaban J connectivity index is 2.05. The van der Waals surface area contributed by atoms with Gasteiger partial charge < -0.3 is 10.0 Å². The molecule has 1 heterocycles. The molecule has 1 aliphatic carbocycles. The summed E-state index contributed by atoms with van der Waals surface area (Å²) >= 11 is 1.87. The molecule has 100 valence electrons. The third-order valence-electron chi connectivity index (χ3n) is 3.60. The van der Waals surface area contributed by atoms with Crippen molar-refractivity contribution in [2.75, 3.05) is 24.6 Å². The maximum Gasteiger partial charge on any atom is 0.307 e. The van der Waals surface area contributed by atoms with Gasteiger partial charge in [-0.1, -0.05) is 12.2 Å². The van der Waals surface area contributed by atoms with Gasteiger partial charge in [-0.2, -0.15) is 11.8 Å². The first-order valence-corrected chi connectivity index (χ1v) is 7.60. The lowest BCUT2D eigenvalue weighted by Gasteiger charge is -2.30. The van der Waals surface area contributed by atoms with Crippen LogP contribution in [0.4, 0.5) is 0 Å². The summed E-state index contributed by atoms with van der Waals surface area (Å²) in [6.07, 6.45) is 5.87. The first-order chi connectivity index (χ1) is 8.70. The number of allylic oxidation sites excluding steroid dienone is 2. The van der Waals surface area contributed by atoms with Gasteiger partial charge in [0.15, 0.2) is 0 Å². The predicted molar refractivity (Wildman–Crippen MR) is 71.5 cm³/mol. The van der Waals surface area contributed by atoms with Crippen molar-refractivity contribution in [2.45, 2.75) is 19.3 Å². The maximum absolute atomic E-state index is 12.4. The van der Waals surface area contributed by atoms with Crippen LogP contribution in [0.15, 0.2) is 12.2 Å². The molecule has 1 fully saturated rings. The van der Waals surface area contributed by atoms with Gasteiger partial charge in [0, 0.05) is 18.8 Å². The summed E-state index contributed by atoms with van der Waals surface area (Å²) in [6, 6.07) is 0. The average molecular weight is 269 g/mol. The molecule has 0 saturated carbocycles. The highest BCUT2D eigenvalue weighted by molar-refractivity contribution is 7.99. The highest BCUT2D eigenvalue weighted by Crippen LogP contribution is 2.28. The molecule has 1 N–H and O–H groups in total. The number of aliphatic carboxylic acids is 1. The number of hydrogen-bond donors (Lipinski definition) is 1. The van der Waals surface area contributed by atoms with Crippen molar-refractivity contribution >= 4 is 23.6 Å². The van der Waals surface area contributed by atoms with E-state index in [2.05, 4.69) is 0 Å². The molecule has 0 aromatic carbocycles. The van der Waals surface area contributed by atoms with Crippen LogP contribution in [-0.4, -0.2) is 46.5 Å². The van der Waals surface area contributed by atoms with E-state index in [1.165, 1.54) is 0 Å². The van der Waals surface area contributed by atoms with E-state index >= 15 is 0 Å². The van der Waals surface area contributed by atoms with Crippen molar-refractivity contribution in [1.82, 2.24) is 4.90 Å². The summed E-state index contributed by atoms with van der Waals surface area (Å²) in [5.41, 5.74) is 0. The number of carbonyl (C=O) groups is 2. The molecule has 0 aromatic heterocycles. The van der Waals surface area contributed by atoms with Crippen molar-refractivity contribution in [1.29, 1.82) is 0 Å². The van der Waals surface area contributed by atoms with Crippen LogP contribution in [0.5, 0.6) is 0 Å². The van der Waals surface area contributed by atoms with Crippen molar-refractivity contribution in [3.63, 3.8) is 0 Å². The molecule has 5 heteroatoms. The van der Waals surface area contributed by atoms with Gasteiger partial charge in [-0.25, -0.2) is 0 Å². The average Bonchev–Trinajstić information content (AvgIpc) is 2.66. The van der Waals surface area contributed by atoms with Crippen molar-refractivity contribution in [3.05, 3.63) is 12.2 Å². The smallest absolute Gasteiger partial charge is 0.307 e. The van der Waals surface area contributed by atoms with Gasteiger partial charge in [0.25, 0.3) is 0 Å². The standard InChI is InChI=1S/C13H19NO3S/c15-12(14-6-3-8-18-9-7-14)10-4-1-2-5-11(10)13(16)17/h1-2,10-11H,3-9H2,(H,16,17)/t10-,11+/m1/s1. The summed E-state index contributed by atoms with van der Waals surface area (Å²) in [7, 11) is 0. The second kappa shape index (κ2) is 6.27. The Hall–Kier alpha value is -0.970. The van der Waals surface area contributed by atoms with E-state index in [0.717, 1.165) is 31.0 Å². The summed E-state index contributed by atoms with van der Waals surface area (Å²) in [4.78, 5) is 25.5. The van der Waals surface area contributed by atoms with Gasteiger partial charge in [0.2, 0.25) is 5.91 Å². The fourth-order valence-electron chi connectivity index (χ4n) is 2.56. The molecule has 2 rings (SSSR count). The summed E-state index contributed by atoms with van der Waals surface area (Å²) in [5.74, 6) is 0.341. The fourth-order valence-corrected chi connectivity index (χ4v) is 3.45. The largest absolute Gasteiger partial charge is 0.481 e. The zero-order valence-electron chi connectivity index (χ0n) is 10.4. The van der Waals surface area contributed by atoms with Crippen LogP contribution < -0.4 is 0 Å². The molecule has 2 atom stereocenters. The molecule has 2 aliphatic rings. The molecule has 4 nitrogen and oxygen atoms in total. The normalized spacial score (nSPS) is 28.8. The molecule has 0 spiro atoms. The van der Waals surface area contributed by atoms with Crippen molar-refractivity contribution in [2.24, 2.45) is 11.8 Å². The highest BCUT2D eigenvalue weighted by Gasteiger charge is 2.36. The second-order valence-corrected chi connectivity index (χ2v) is 6.01. The maximum atomic E-state index is 12.4. The number of carbonyl (C=O) groups excluding carboxylic acids is 1. The molecule has 1 aliphatic heterocycles. The van der Waals surface area contributed by atoms with Gasteiger partial charge in [0.1, 0.15) is 0 Å². The number of rotatable bonds is 2. The van der Waals surface area contributed by atoms with Crippen LogP contribution in [0, 0.1) is 11.8 Å². The van der Waals surface area contributed by atoms with E-state index < -0.39 is 11.9 Å². The number of amides is 1. The summed E-state index contributed by atoms with van der Waals surface area (Å²) < 4.78 is 0. The SMILES string of the molecule is O=C(O)[C@H]1CC=CC[C@H]1C(=O)N1CCCSCC1. The van der Waals surface area contributed by atoms with Crippen LogP contribution in [0.3, 0.4) is 0 Å². The molecular formula is C13H19NO3S. The zero-order chi connectivity index (χ0) is 13.0. The fraction of sp³-hybridized carbons (Fsp3) is 0.692. The first-order valence-electron chi connectivity index (χ1n) is 6.44. The minimum Gasteiger partial charge on any atom is -0.481 e. The van der Waals surface area contributed by atoms with Crippen LogP contribution in [0.1, 0.15) is 19.3 Å². The van der Waals surface area contributed by atoms with Gasteiger partial charge in [-0.15, -0.1) is 0 Å². The Bertz CT molecular complexity index is 348. The van der Waals surface area contributed by atoms with E-state index in [-0.39, 0.29) is 11.8 Å². The first kappa shape index (κ1) is 13.5. The Morgan fingerprint density at radius 1 is 1.11 bits per heavy atom.